The van der Waals surface area contributed by atoms with Crippen LogP contribution >= 0.6 is 0 Å². The van der Waals surface area contributed by atoms with Crippen LogP contribution in [0.5, 0.6) is 5.75 Å². The molecule has 0 aliphatic heterocycles. The van der Waals surface area contributed by atoms with Gasteiger partial charge in [0, 0.05) is 18.0 Å². The topological polar surface area (TPSA) is 35.0 Å². The number of hydrogen-bond acceptors (Lipinski definition) is 3. The molecule has 2 aromatic rings. The Labute approximate surface area is 168 Å². The third kappa shape index (κ3) is 6.29. The zero-order chi connectivity index (χ0) is 19.6. The molecule has 0 bridgehead atoms. The molecule has 1 heterocycles. The van der Waals surface area contributed by atoms with Gasteiger partial charge in [0.15, 0.2) is 17.4 Å². The average Bonchev–Trinajstić information content (AvgIpc) is 2.74. The summed E-state index contributed by atoms with van der Waals surface area (Å²) in [5, 5.41) is 0. The number of unbranched alkanes of at least 4 members (excludes halogenated alkanes) is 4. The molecule has 1 aliphatic carbocycles. The molecule has 0 spiro atoms. The number of benzene rings is 1. The summed E-state index contributed by atoms with van der Waals surface area (Å²) < 4.78 is 20.2. The molecule has 3 nitrogen and oxygen atoms in total. The Morgan fingerprint density at radius 1 is 1.00 bits per heavy atom. The van der Waals surface area contributed by atoms with E-state index < -0.39 is 0 Å². The number of aryl methyl sites for hydroxylation is 1. The highest BCUT2D eigenvalue weighted by Crippen LogP contribution is 2.27. The minimum atomic E-state index is -0.336. The van der Waals surface area contributed by atoms with Gasteiger partial charge in [-0.15, -0.1) is 0 Å². The summed E-state index contributed by atoms with van der Waals surface area (Å²) in [6.45, 7) is 2.84. The lowest BCUT2D eigenvalue weighted by atomic mass is 9.90. The molecule has 1 aromatic heterocycles. The summed E-state index contributed by atoms with van der Waals surface area (Å²) in [4.78, 5) is 8.87. The van der Waals surface area contributed by atoms with Gasteiger partial charge in [-0.2, -0.15) is 0 Å². The molecule has 1 fully saturated rings. The van der Waals surface area contributed by atoms with Crippen LogP contribution in [-0.4, -0.2) is 16.6 Å². The molecule has 0 unspecified atom stereocenters. The van der Waals surface area contributed by atoms with Gasteiger partial charge < -0.3 is 4.74 Å². The van der Waals surface area contributed by atoms with Crippen molar-refractivity contribution in [2.24, 2.45) is 5.92 Å². The first-order valence-electron chi connectivity index (χ1n) is 11.0. The maximum atomic E-state index is 14.5. The monoisotopic (exact) mass is 384 g/mol. The van der Waals surface area contributed by atoms with Crippen LogP contribution in [0, 0.1) is 11.7 Å². The zero-order valence-electron chi connectivity index (χ0n) is 17.1. The molecule has 4 heteroatoms. The Balaban J connectivity index is 1.52. The van der Waals surface area contributed by atoms with E-state index in [-0.39, 0.29) is 5.82 Å². The second-order valence-electron chi connectivity index (χ2n) is 8.04. The predicted octanol–water partition coefficient (Wildman–Crippen LogP) is 6.75. The van der Waals surface area contributed by atoms with Crippen molar-refractivity contribution in [2.45, 2.75) is 77.6 Å². The summed E-state index contributed by atoms with van der Waals surface area (Å²) >= 11 is 0. The molecule has 0 saturated heterocycles. The molecule has 0 radical (unpaired) electrons. The number of ether oxygens (including phenoxy) is 1. The largest absolute Gasteiger partial charge is 0.490 e. The molecule has 1 saturated carbocycles. The molecule has 3 rings (SSSR count). The van der Waals surface area contributed by atoms with Crippen LogP contribution < -0.4 is 4.74 Å². The van der Waals surface area contributed by atoms with E-state index in [2.05, 4.69) is 16.9 Å². The van der Waals surface area contributed by atoms with Crippen molar-refractivity contribution in [3.8, 4) is 17.1 Å². The van der Waals surface area contributed by atoms with E-state index in [0.29, 0.717) is 29.7 Å². The molecule has 28 heavy (non-hydrogen) atoms. The van der Waals surface area contributed by atoms with Crippen LogP contribution in [0.15, 0.2) is 30.6 Å². The van der Waals surface area contributed by atoms with Gasteiger partial charge in [0.1, 0.15) is 0 Å². The summed E-state index contributed by atoms with van der Waals surface area (Å²) in [6.07, 6.45) is 17.3. The lowest BCUT2D eigenvalue weighted by Crippen LogP contribution is -2.15. The summed E-state index contributed by atoms with van der Waals surface area (Å²) in [5.74, 6) is 1.12. The minimum absolute atomic E-state index is 0.332. The zero-order valence-corrected chi connectivity index (χ0v) is 17.1. The molecule has 1 aromatic carbocycles. The second kappa shape index (κ2) is 11.1. The van der Waals surface area contributed by atoms with E-state index in [1.807, 2.05) is 18.5 Å². The highest BCUT2D eigenvalue weighted by molar-refractivity contribution is 5.56. The van der Waals surface area contributed by atoms with Gasteiger partial charge >= 0.3 is 0 Å². The maximum absolute atomic E-state index is 14.5. The van der Waals surface area contributed by atoms with E-state index in [0.717, 1.165) is 12.0 Å². The van der Waals surface area contributed by atoms with Gasteiger partial charge in [0.25, 0.3) is 0 Å². The molecule has 0 amide bonds. The third-order valence-corrected chi connectivity index (χ3v) is 5.66. The van der Waals surface area contributed by atoms with Crippen LogP contribution in [-0.2, 0) is 6.42 Å². The van der Waals surface area contributed by atoms with Crippen LogP contribution in [0.1, 0.15) is 76.7 Å². The van der Waals surface area contributed by atoms with Gasteiger partial charge in [-0.25, -0.2) is 14.4 Å². The van der Waals surface area contributed by atoms with Gasteiger partial charge in [-0.05, 0) is 55.4 Å². The van der Waals surface area contributed by atoms with Crippen molar-refractivity contribution in [1.29, 1.82) is 0 Å². The van der Waals surface area contributed by atoms with Crippen LogP contribution in [0.4, 0.5) is 4.39 Å². The van der Waals surface area contributed by atoms with Gasteiger partial charge in [-0.1, -0.05) is 51.9 Å². The van der Waals surface area contributed by atoms with Crippen molar-refractivity contribution >= 4 is 0 Å². The number of rotatable bonds is 10. The average molecular weight is 385 g/mol. The van der Waals surface area contributed by atoms with Crippen molar-refractivity contribution in [2.75, 3.05) is 6.61 Å². The Bertz CT molecular complexity index is 711. The summed E-state index contributed by atoms with van der Waals surface area (Å²) in [5.41, 5.74) is 1.84. The van der Waals surface area contributed by atoms with Gasteiger partial charge in [0.05, 0.1) is 6.61 Å². The van der Waals surface area contributed by atoms with Crippen molar-refractivity contribution < 1.29 is 9.13 Å². The van der Waals surface area contributed by atoms with E-state index in [9.17, 15) is 4.39 Å². The molecule has 152 valence electrons. The highest BCUT2D eigenvalue weighted by atomic mass is 19.1. The first-order chi connectivity index (χ1) is 13.8. The second-order valence-corrected chi connectivity index (χ2v) is 8.04. The number of nitrogens with zero attached hydrogens (tertiary/aromatic N) is 2. The minimum Gasteiger partial charge on any atom is -0.490 e. The fourth-order valence-corrected chi connectivity index (χ4v) is 3.88. The Hall–Kier alpha value is -1.97. The first kappa shape index (κ1) is 20.8. The summed E-state index contributed by atoms with van der Waals surface area (Å²) in [6, 6.07) is 5.04. The molecule has 1 aliphatic rings. The van der Waals surface area contributed by atoms with Crippen LogP contribution in [0.25, 0.3) is 11.4 Å². The quantitative estimate of drug-likeness (QED) is 0.425. The molecular weight excluding hydrogens is 351 g/mol. The van der Waals surface area contributed by atoms with Crippen LogP contribution in [0.2, 0.25) is 0 Å². The van der Waals surface area contributed by atoms with E-state index >= 15 is 0 Å². The lowest BCUT2D eigenvalue weighted by molar-refractivity contribution is 0.202. The van der Waals surface area contributed by atoms with Crippen molar-refractivity contribution in [1.82, 2.24) is 9.97 Å². The number of hydrogen-bond donors (Lipinski definition) is 0. The standard InChI is InChI=1S/C24H33FN2O/c1-2-3-4-5-7-12-20-16-26-24(27-17-20)21-13-14-23(22(25)15-21)28-18-19-10-8-6-9-11-19/h13-17,19H,2-12,18H2,1H3. The lowest BCUT2D eigenvalue weighted by Gasteiger charge is -2.21. The predicted molar refractivity (Wildman–Crippen MR) is 112 cm³/mol. The SMILES string of the molecule is CCCCCCCc1cnc(-c2ccc(OCC3CCCCC3)c(F)c2)nc1. The normalized spacial score (nSPS) is 14.9. The smallest absolute Gasteiger partial charge is 0.165 e. The molecular formula is C24H33FN2O. The first-order valence-corrected chi connectivity index (χ1v) is 11.0. The maximum Gasteiger partial charge on any atom is 0.165 e. The highest BCUT2D eigenvalue weighted by Gasteiger charge is 2.15. The Morgan fingerprint density at radius 2 is 1.75 bits per heavy atom. The fourth-order valence-electron chi connectivity index (χ4n) is 3.88. The van der Waals surface area contributed by atoms with Gasteiger partial charge in [-0.3, -0.25) is 0 Å². The van der Waals surface area contributed by atoms with E-state index in [1.165, 1.54) is 70.3 Å². The van der Waals surface area contributed by atoms with Crippen LogP contribution in [0.3, 0.4) is 0 Å². The number of halogens is 1. The fraction of sp³-hybridized carbons (Fsp3) is 0.583. The van der Waals surface area contributed by atoms with Crippen molar-refractivity contribution in [3.05, 3.63) is 42.0 Å². The third-order valence-electron chi connectivity index (χ3n) is 5.66. The Morgan fingerprint density at radius 3 is 2.46 bits per heavy atom. The molecule has 0 atom stereocenters. The number of aromatic nitrogens is 2. The van der Waals surface area contributed by atoms with Crippen molar-refractivity contribution in [3.63, 3.8) is 0 Å². The Kier molecular flexibility index (Phi) is 8.25. The van der Waals surface area contributed by atoms with E-state index in [4.69, 9.17) is 4.74 Å². The van der Waals surface area contributed by atoms with Gasteiger partial charge in [0.2, 0.25) is 0 Å². The van der Waals surface area contributed by atoms with E-state index in [1.54, 1.807) is 6.07 Å². The molecule has 0 N–H and O–H groups in total. The summed E-state index contributed by atoms with van der Waals surface area (Å²) in [7, 11) is 0.